The lowest BCUT2D eigenvalue weighted by Gasteiger charge is -2.04. The minimum atomic E-state index is -1.18. The van der Waals surface area contributed by atoms with Crippen LogP contribution in [0.15, 0.2) is 52.0 Å². The van der Waals surface area contributed by atoms with Crippen molar-refractivity contribution >= 4 is 38.3 Å². The molecule has 0 fully saturated rings. The first kappa shape index (κ1) is 12.7. The van der Waals surface area contributed by atoms with Crippen LogP contribution in [0.1, 0.15) is 5.56 Å². The molecule has 1 atom stereocenters. The lowest BCUT2D eigenvalue weighted by atomic mass is 10.2. The number of benzene rings is 1. The normalized spacial score (nSPS) is 12.4. The average molecular weight is 331 g/mol. The van der Waals surface area contributed by atoms with Crippen molar-refractivity contribution in [3.8, 4) is 0 Å². The van der Waals surface area contributed by atoms with Crippen LogP contribution in [0.2, 0.25) is 5.15 Å². The lowest BCUT2D eigenvalue weighted by Crippen LogP contribution is -1.98. The quantitative estimate of drug-likeness (QED) is 0.801. The van der Waals surface area contributed by atoms with E-state index in [4.69, 9.17) is 11.6 Å². The first-order valence-electron chi connectivity index (χ1n) is 4.90. The fraction of sp³-hybridized carbons (Fsp3) is 0.0833. The SMILES string of the molecule is O=S(Cc1ccccc1)c1cc(Br)cnc1Cl. The number of hydrogen-bond acceptors (Lipinski definition) is 2. The third-order valence-electron chi connectivity index (χ3n) is 2.16. The Morgan fingerprint density at radius 2 is 2.00 bits per heavy atom. The second-order valence-electron chi connectivity index (χ2n) is 3.42. The number of halogens is 2. The third kappa shape index (κ3) is 3.37. The topological polar surface area (TPSA) is 30.0 Å². The van der Waals surface area contributed by atoms with Crippen LogP contribution in [-0.2, 0) is 16.6 Å². The van der Waals surface area contributed by atoms with Gasteiger partial charge in [0.25, 0.3) is 0 Å². The predicted octanol–water partition coefficient (Wildman–Crippen LogP) is 3.81. The molecule has 0 aliphatic carbocycles. The van der Waals surface area contributed by atoms with Crippen LogP contribution in [0.5, 0.6) is 0 Å². The van der Waals surface area contributed by atoms with Crippen LogP contribution in [0.4, 0.5) is 0 Å². The van der Waals surface area contributed by atoms with Gasteiger partial charge in [0.15, 0.2) is 0 Å². The van der Waals surface area contributed by atoms with Crippen molar-refractivity contribution in [1.82, 2.24) is 4.98 Å². The van der Waals surface area contributed by atoms with Crippen molar-refractivity contribution in [1.29, 1.82) is 0 Å². The summed E-state index contributed by atoms with van der Waals surface area (Å²) in [5, 5.41) is 0.294. The monoisotopic (exact) mass is 329 g/mol. The summed E-state index contributed by atoms with van der Waals surface area (Å²) in [5.74, 6) is 0.443. The summed E-state index contributed by atoms with van der Waals surface area (Å²) in [6.45, 7) is 0. The smallest absolute Gasteiger partial charge is 0.145 e. The van der Waals surface area contributed by atoms with E-state index >= 15 is 0 Å². The standard InChI is InChI=1S/C12H9BrClNOS/c13-10-6-11(12(14)15-7-10)17(16)8-9-4-2-1-3-5-9/h1-7H,8H2. The Labute approximate surface area is 116 Å². The highest BCUT2D eigenvalue weighted by Crippen LogP contribution is 2.23. The highest BCUT2D eigenvalue weighted by Gasteiger charge is 2.11. The molecule has 0 bridgehead atoms. The molecule has 5 heteroatoms. The van der Waals surface area contributed by atoms with Crippen LogP contribution in [-0.4, -0.2) is 9.19 Å². The molecule has 0 spiro atoms. The molecule has 2 nitrogen and oxygen atoms in total. The zero-order valence-electron chi connectivity index (χ0n) is 8.77. The summed E-state index contributed by atoms with van der Waals surface area (Å²) in [7, 11) is -1.18. The maximum atomic E-state index is 12.2. The zero-order chi connectivity index (χ0) is 12.3. The van der Waals surface area contributed by atoms with Gasteiger partial charge in [-0.25, -0.2) is 4.98 Å². The molecule has 0 aliphatic rings. The highest BCUT2D eigenvalue weighted by atomic mass is 79.9. The fourth-order valence-corrected chi connectivity index (χ4v) is 3.36. The van der Waals surface area contributed by atoms with Crippen molar-refractivity contribution < 1.29 is 4.21 Å². The van der Waals surface area contributed by atoms with Crippen LogP contribution >= 0.6 is 27.5 Å². The fourth-order valence-electron chi connectivity index (χ4n) is 1.37. The third-order valence-corrected chi connectivity index (χ3v) is 4.40. The first-order valence-corrected chi connectivity index (χ1v) is 7.39. The van der Waals surface area contributed by atoms with Gasteiger partial charge in [-0.05, 0) is 27.6 Å². The summed E-state index contributed by atoms with van der Waals surface area (Å²) in [5.41, 5.74) is 1.02. The summed E-state index contributed by atoms with van der Waals surface area (Å²) >= 11 is 9.23. The Morgan fingerprint density at radius 3 is 2.71 bits per heavy atom. The lowest BCUT2D eigenvalue weighted by molar-refractivity contribution is 0.682. The minimum absolute atomic E-state index is 0.294. The average Bonchev–Trinajstić information content (AvgIpc) is 2.33. The Balaban J connectivity index is 2.23. The predicted molar refractivity (Wildman–Crippen MR) is 73.5 cm³/mol. The Hall–Kier alpha value is -0.710. The van der Waals surface area contributed by atoms with Crippen LogP contribution in [0, 0.1) is 0 Å². The summed E-state index contributed by atoms with van der Waals surface area (Å²) in [6, 6.07) is 11.4. The van der Waals surface area contributed by atoms with Crippen molar-refractivity contribution in [2.75, 3.05) is 0 Å². The number of rotatable bonds is 3. The molecular formula is C12H9BrClNOS. The van der Waals surface area contributed by atoms with Crippen molar-refractivity contribution in [2.45, 2.75) is 10.6 Å². The van der Waals surface area contributed by atoms with E-state index in [9.17, 15) is 4.21 Å². The van der Waals surface area contributed by atoms with Gasteiger partial charge in [-0.15, -0.1) is 0 Å². The van der Waals surface area contributed by atoms with E-state index < -0.39 is 10.8 Å². The van der Waals surface area contributed by atoms with Gasteiger partial charge in [-0.1, -0.05) is 41.9 Å². The molecule has 88 valence electrons. The molecule has 1 aromatic heterocycles. The largest absolute Gasteiger partial charge is 0.254 e. The second kappa shape index (κ2) is 5.76. The van der Waals surface area contributed by atoms with E-state index in [1.807, 2.05) is 30.3 Å². The van der Waals surface area contributed by atoms with E-state index in [0.717, 1.165) is 10.0 Å². The van der Waals surface area contributed by atoms with Gasteiger partial charge in [0.1, 0.15) is 5.15 Å². The van der Waals surface area contributed by atoms with Crippen molar-refractivity contribution in [2.24, 2.45) is 0 Å². The van der Waals surface area contributed by atoms with Crippen LogP contribution < -0.4 is 0 Å². The molecule has 1 heterocycles. The Bertz CT molecular complexity index is 547. The van der Waals surface area contributed by atoms with Crippen LogP contribution in [0.25, 0.3) is 0 Å². The first-order chi connectivity index (χ1) is 8.16. The van der Waals surface area contributed by atoms with Crippen LogP contribution in [0.3, 0.4) is 0 Å². The number of hydrogen-bond donors (Lipinski definition) is 0. The molecule has 0 N–H and O–H groups in total. The number of aromatic nitrogens is 1. The summed E-state index contributed by atoms with van der Waals surface area (Å²) < 4.78 is 12.9. The van der Waals surface area contributed by atoms with E-state index in [0.29, 0.717) is 15.8 Å². The van der Waals surface area contributed by atoms with E-state index in [1.54, 1.807) is 12.3 Å². The van der Waals surface area contributed by atoms with E-state index in [-0.39, 0.29) is 0 Å². The Morgan fingerprint density at radius 1 is 1.29 bits per heavy atom. The number of pyridine rings is 1. The minimum Gasteiger partial charge on any atom is -0.254 e. The van der Waals surface area contributed by atoms with Gasteiger partial charge >= 0.3 is 0 Å². The second-order valence-corrected chi connectivity index (χ2v) is 6.11. The van der Waals surface area contributed by atoms with E-state index in [2.05, 4.69) is 20.9 Å². The van der Waals surface area contributed by atoms with Gasteiger partial charge in [0.2, 0.25) is 0 Å². The highest BCUT2D eigenvalue weighted by molar-refractivity contribution is 9.10. The zero-order valence-corrected chi connectivity index (χ0v) is 11.9. The summed E-state index contributed by atoms with van der Waals surface area (Å²) in [4.78, 5) is 4.53. The molecule has 1 unspecified atom stereocenters. The van der Waals surface area contributed by atoms with Crippen molar-refractivity contribution in [3.63, 3.8) is 0 Å². The van der Waals surface area contributed by atoms with Gasteiger partial charge in [-0.3, -0.25) is 4.21 Å². The molecular weight excluding hydrogens is 322 g/mol. The molecule has 2 rings (SSSR count). The Kier molecular flexibility index (Phi) is 4.31. The van der Waals surface area contributed by atoms with Crippen molar-refractivity contribution in [3.05, 3.63) is 57.8 Å². The van der Waals surface area contributed by atoms with Gasteiger partial charge in [0.05, 0.1) is 21.4 Å². The summed E-state index contributed by atoms with van der Waals surface area (Å²) in [6.07, 6.45) is 1.59. The molecule has 0 aliphatic heterocycles. The molecule has 0 radical (unpaired) electrons. The molecule has 0 amide bonds. The molecule has 2 aromatic rings. The molecule has 0 saturated heterocycles. The molecule has 0 saturated carbocycles. The van der Waals surface area contributed by atoms with Gasteiger partial charge in [-0.2, -0.15) is 0 Å². The van der Waals surface area contributed by atoms with Gasteiger partial charge < -0.3 is 0 Å². The van der Waals surface area contributed by atoms with Gasteiger partial charge in [0, 0.05) is 10.7 Å². The molecule has 1 aromatic carbocycles. The molecule has 17 heavy (non-hydrogen) atoms. The number of nitrogens with zero attached hydrogens (tertiary/aromatic N) is 1. The van der Waals surface area contributed by atoms with E-state index in [1.165, 1.54) is 0 Å². The maximum absolute atomic E-state index is 12.2. The maximum Gasteiger partial charge on any atom is 0.145 e.